The van der Waals surface area contributed by atoms with Crippen molar-refractivity contribution in [1.82, 2.24) is 15.1 Å². The summed E-state index contributed by atoms with van der Waals surface area (Å²) in [5.41, 5.74) is 3.08. The number of benzene rings is 1. The number of nitrogens with zero attached hydrogens (tertiary/aromatic N) is 2. The van der Waals surface area contributed by atoms with Crippen LogP contribution in [0.1, 0.15) is 47.4 Å². The zero-order valence-corrected chi connectivity index (χ0v) is 18.5. The minimum absolute atomic E-state index is 0.101. The molecule has 0 unspecified atom stereocenters. The molecule has 1 aliphatic carbocycles. The minimum atomic E-state index is -0.389. The third kappa shape index (κ3) is 3.74. The molecule has 4 rings (SSSR count). The third-order valence-corrected chi connectivity index (χ3v) is 7.81. The molecular weight excluding hydrogens is 448 g/mol. The summed E-state index contributed by atoms with van der Waals surface area (Å²) in [7, 11) is 0. The number of rotatable bonds is 4. The number of halogens is 2. The summed E-state index contributed by atoms with van der Waals surface area (Å²) in [4.78, 5) is 15.1. The molecular formula is C20H21Cl2N3OSe. The van der Waals surface area contributed by atoms with E-state index in [1.165, 1.54) is 17.3 Å². The van der Waals surface area contributed by atoms with Crippen molar-refractivity contribution in [2.45, 2.75) is 38.6 Å². The molecule has 1 aromatic heterocycles. The monoisotopic (exact) mass is 469 g/mol. The van der Waals surface area contributed by atoms with E-state index < -0.39 is 0 Å². The van der Waals surface area contributed by atoms with Crippen molar-refractivity contribution in [1.29, 1.82) is 0 Å². The van der Waals surface area contributed by atoms with Gasteiger partial charge in [0.1, 0.15) is 0 Å². The number of amides is 1. The molecule has 0 radical (unpaired) electrons. The molecule has 4 nitrogen and oxygen atoms in total. The molecule has 1 aromatic carbocycles. The van der Waals surface area contributed by atoms with E-state index in [0.717, 1.165) is 29.8 Å². The van der Waals surface area contributed by atoms with Crippen molar-refractivity contribution in [3.05, 3.63) is 62.3 Å². The van der Waals surface area contributed by atoms with E-state index >= 15 is 0 Å². The quantitative estimate of drug-likeness (QED) is 0.683. The van der Waals surface area contributed by atoms with Gasteiger partial charge < -0.3 is 0 Å². The van der Waals surface area contributed by atoms with Gasteiger partial charge in [0.2, 0.25) is 0 Å². The molecule has 2 heterocycles. The molecule has 0 saturated heterocycles. The molecule has 2 aliphatic rings. The number of hydrogen-bond donors (Lipinski definition) is 1. The van der Waals surface area contributed by atoms with Gasteiger partial charge in [-0.2, -0.15) is 0 Å². The Morgan fingerprint density at radius 3 is 2.74 bits per heavy atom. The Balaban J connectivity index is 1.78. The molecule has 1 aliphatic heterocycles. The first-order valence-corrected chi connectivity index (χ1v) is 12.1. The fraction of sp³-hybridized carbons (Fsp3) is 0.300. The van der Waals surface area contributed by atoms with Gasteiger partial charge in [-0.15, -0.1) is 0 Å². The second kappa shape index (κ2) is 7.84. The second-order valence-electron chi connectivity index (χ2n) is 6.87. The van der Waals surface area contributed by atoms with Crippen LogP contribution in [0.5, 0.6) is 0 Å². The first kappa shape index (κ1) is 18.8. The fourth-order valence-corrected chi connectivity index (χ4v) is 6.23. The van der Waals surface area contributed by atoms with E-state index in [1.807, 2.05) is 13.0 Å². The molecule has 0 spiro atoms. The number of hydrogen-bond acceptors (Lipinski definition) is 2. The van der Waals surface area contributed by atoms with E-state index in [1.54, 1.807) is 16.8 Å². The van der Waals surface area contributed by atoms with Gasteiger partial charge in [0.15, 0.2) is 0 Å². The molecule has 1 N–H and O–H groups in total. The summed E-state index contributed by atoms with van der Waals surface area (Å²) in [5.74, 6) is -0.101. The van der Waals surface area contributed by atoms with Crippen LogP contribution in [0.15, 0.2) is 35.3 Å². The predicted octanol–water partition coefficient (Wildman–Crippen LogP) is 4.20. The third-order valence-electron chi connectivity index (χ3n) is 5.02. The van der Waals surface area contributed by atoms with Gasteiger partial charge in [-0.3, -0.25) is 0 Å². The van der Waals surface area contributed by atoms with Gasteiger partial charge in [-0.1, -0.05) is 0 Å². The van der Waals surface area contributed by atoms with Gasteiger partial charge in [0.05, 0.1) is 0 Å². The standard InChI is InChI=1S/C20H21Cl2N3OSe/c1-12-18(20(26)23-14-5-2-3-6-14)24-25(19(12)17-7-4-10-27-17)16-9-8-13(21)11-15(16)22/h4,7-11,14H,2-3,5-6,27H2,1H3,(H,23,26). The van der Waals surface area contributed by atoms with Gasteiger partial charge in [-0.25, -0.2) is 0 Å². The van der Waals surface area contributed by atoms with Crippen LogP contribution >= 0.6 is 23.2 Å². The van der Waals surface area contributed by atoms with E-state index in [0.29, 0.717) is 15.7 Å². The van der Waals surface area contributed by atoms with Crippen LogP contribution in [0.4, 0.5) is 0 Å². The number of nitrogens with one attached hydrogen (secondary N) is 1. The van der Waals surface area contributed by atoms with Crippen LogP contribution < -0.4 is 5.32 Å². The maximum absolute atomic E-state index is 12.9. The Kier molecular flexibility index (Phi) is 5.47. The number of allylic oxidation sites excluding steroid dienone is 2. The second-order valence-corrected chi connectivity index (χ2v) is 10.1. The maximum atomic E-state index is 12.9. The van der Waals surface area contributed by atoms with Gasteiger partial charge in [-0.05, 0) is 0 Å². The molecule has 0 bridgehead atoms. The SMILES string of the molecule is Cc1c(C(=O)NC2CCCC2)nn(-c2ccc(Cl)cc2Cl)c1C1=CC=C[SeH2]1. The summed E-state index contributed by atoms with van der Waals surface area (Å²) in [5, 5.41) is 8.92. The zero-order chi connectivity index (χ0) is 19.0. The van der Waals surface area contributed by atoms with Crippen LogP contribution in [0.2, 0.25) is 10.0 Å². The molecule has 27 heavy (non-hydrogen) atoms. The number of carbonyl (C=O) groups is 1. The van der Waals surface area contributed by atoms with Gasteiger partial charge in [0, 0.05) is 0 Å². The van der Waals surface area contributed by atoms with Crippen LogP contribution in [0.3, 0.4) is 0 Å². The average molecular weight is 469 g/mol. The Labute approximate surface area is 174 Å². The number of aromatic nitrogens is 2. The Bertz CT molecular complexity index is 958. The van der Waals surface area contributed by atoms with Crippen molar-refractivity contribution in [2.24, 2.45) is 0 Å². The van der Waals surface area contributed by atoms with Crippen molar-refractivity contribution in [3.63, 3.8) is 0 Å². The van der Waals surface area contributed by atoms with Crippen molar-refractivity contribution in [3.8, 4) is 5.69 Å². The van der Waals surface area contributed by atoms with Crippen molar-refractivity contribution < 1.29 is 4.79 Å². The summed E-state index contributed by atoms with van der Waals surface area (Å²) in [6, 6.07) is 5.60. The van der Waals surface area contributed by atoms with Crippen LogP contribution in [0, 0.1) is 6.92 Å². The summed E-state index contributed by atoms with van der Waals surface area (Å²) >= 11 is 12.1. The van der Waals surface area contributed by atoms with Crippen molar-refractivity contribution >= 4 is 48.5 Å². The fourth-order valence-electron chi connectivity index (χ4n) is 3.66. The molecule has 142 valence electrons. The number of carbonyl (C=O) groups excluding carboxylic acids is 1. The summed E-state index contributed by atoms with van der Waals surface area (Å²) in [6.45, 7) is 1.97. The summed E-state index contributed by atoms with van der Waals surface area (Å²) in [6.07, 6.45) is 8.63. The van der Waals surface area contributed by atoms with E-state index in [-0.39, 0.29) is 26.9 Å². The molecule has 0 atom stereocenters. The Morgan fingerprint density at radius 2 is 2.07 bits per heavy atom. The average Bonchev–Trinajstić information content (AvgIpc) is 3.36. The summed E-state index contributed by atoms with van der Waals surface area (Å²) < 4.78 is 3.05. The van der Waals surface area contributed by atoms with Gasteiger partial charge in [0.25, 0.3) is 0 Å². The zero-order valence-electron chi connectivity index (χ0n) is 14.9. The normalized spacial score (nSPS) is 18.3. The predicted molar refractivity (Wildman–Crippen MR) is 114 cm³/mol. The molecule has 2 aromatic rings. The van der Waals surface area contributed by atoms with Crippen molar-refractivity contribution in [2.75, 3.05) is 0 Å². The first-order valence-electron chi connectivity index (χ1n) is 9.04. The Hall–Kier alpha value is -1.52. The van der Waals surface area contributed by atoms with Crippen LogP contribution in [0.25, 0.3) is 10.2 Å². The van der Waals surface area contributed by atoms with E-state index in [2.05, 4.69) is 27.5 Å². The Morgan fingerprint density at radius 1 is 1.30 bits per heavy atom. The molecule has 1 amide bonds. The van der Waals surface area contributed by atoms with Crippen LogP contribution in [-0.4, -0.2) is 36.7 Å². The molecule has 1 fully saturated rings. The van der Waals surface area contributed by atoms with Gasteiger partial charge >= 0.3 is 175 Å². The van der Waals surface area contributed by atoms with Crippen LogP contribution in [-0.2, 0) is 0 Å². The first-order chi connectivity index (χ1) is 13.0. The molecule has 1 saturated carbocycles. The van der Waals surface area contributed by atoms with E-state index in [9.17, 15) is 4.79 Å². The topological polar surface area (TPSA) is 46.9 Å². The van der Waals surface area contributed by atoms with E-state index in [4.69, 9.17) is 23.2 Å². The molecule has 7 heteroatoms.